The smallest absolute Gasteiger partial charge is 0.313 e. The first-order chi connectivity index (χ1) is 14.1. The molecule has 0 radical (unpaired) electrons. The number of benzene rings is 2. The molecule has 2 aromatic carbocycles. The molecule has 2 rings (SSSR count). The molecule has 0 fully saturated rings. The predicted molar refractivity (Wildman–Crippen MR) is 113 cm³/mol. The van der Waals surface area contributed by atoms with Crippen molar-refractivity contribution in [3.05, 3.63) is 59.5 Å². The van der Waals surface area contributed by atoms with Crippen molar-refractivity contribution in [2.24, 2.45) is 0 Å². The van der Waals surface area contributed by atoms with Crippen molar-refractivity contribution in [1.82, 2.24) is 5.06 Å². The fourth-order valence-electron chi connectivity index (χ4n) is 2.63. The summed E-state index contributed by atoms with van der Waals surface area (Å²) in [5.41, 5.74) is 0.0975. The summed E-state index contributed by atoms with van der Waals surface area (Å²) in [5, 5.41) is 2.08. The highest BCUT2D eigenvalue weighted by Crippen LogP contribution is 2.29. The Labute approximate surface area is 175 Å². The molecular formula is C21H23NO7S. The van der Waals surface area contributed by atoms with Crippen LogP contribution in [0.4, 0.5) is 0 Å². The van der Waals surface area contributed by atoms with E-state index < -0.39 is 21.8 Å². The van der Waals surface area contributed by atoms with Crippen LogP contribution in [-0.2, 0) is 19.2 Å². The molecule has 0 aliphatic heterocycles. The van der Waals surface area contributed by atoms with E-state index in [9.17, 15) is 18.0 Å². The molecule has 0 heterocycles. The molecule has 160 valence electrons. The summed E-state index contributed by atoms with van der Waals surface area (Å²) in [6.45, 7) is 4.63. The van der Waals surface area contributed by atoms with Gasteiger partial charge >= 0.3 is 10.1 Å². The number of hydrogen-bond acceptors (Lipinski definition) is 7. The standard InChI is InChI=1S/C21H23NO7S/c1-6-7-17(23)10-14(2)30(25,26)29-22(3)21(24)19-12-16-11-18(27-4)9-8-15(16)13-20(19)28-5/h6,8-13H,1,7H2,2-5H3/b14-10+. The third kappa shape index (κ3) is 5.25. The van der Waals surface area contributed by atoms with Crippen LogP contribution in [0.2, 0.25) is 0 Å². The zero-order chi connectivity index (χ0) is 22.5. The predicted octanol–water partition coefficient (Wildman–Crippen LogP) is 3.24. The van der Waals surface area contributed by atoms with Crippen molar-refractivity contribution < 1.29 is 31.8 Å². The van der Waals surface area contributed by atoms with Gasteiger partial charge in [-0.25, -0.2) is 5.06 Å². The van der Waals surface area contributed by atoms with Crippen LogP contribution in [0.3, 0.4) is 0 Å². The van der Waals surface area contributed by atoms with Gasteiger partial charge < -0.3 is 9.47 Å². The van der Waals surface area contributed by atoms with Crippen LogP contribution in [0.25, 0.3) is 10.8 Å². The van der Waals surface area contributed by atoms with Gasteiger partial charge in [0.2, 0.25) is 0 Å². The Kier molecular flexibility index (Phi) is 7.36. The lowest BCUT2D eigenvalue weighted by molar-refractivity contribution is -0.113. The molecule has 0 aromatic heterocycles. The second-order valence-corrected chi connectivity index (χ2v) is 8.01. The van der Waals surface area contributed by atoms with E-state index in [-0.39, 0.29) is 22.6 Å². The molecule has 0 bridgehead atoms. The molecule has 0 saturated carbocycles. The fraction of sp³-hybridized carbons (Fsp3) is 0.238. The maximum Gasteiger partial charge on any atom is 0.313 e. The average Bonchev–Trinajstić information content (AvgIpc) is 2.71. The maximum absolute atomic E-state index is 12.9. The number of fused-ring (bicyclic) bond motifs is 1. The van der Waals surface area contributed by atoms with Crippen molar-refractivity contribution >= 4 is 32.6 Å². The minimum absolute atomic E-state index is 0.0145. The fourth-order valence-corrected chi connectivity index (χ4v) is 3.38. The number of methoxy groups -OCH3 is 2. The van der Waals surface area contributed by atoms with Gasteiger partial charge in [-0.1, -0.05) is 12.1 Å². The number of hydroxylamine groups is 2. The molecule has 0 unspecified atom stereocenters. The van der Waals surface area contributed by atoms with E-state index in [0.29, 0.717) is 16.2 Å². The number of ketones is 1. The van der Waals surface area contributed by atoms with E-state index in [0.717, 1.165) is 18.5 Å². The van der Waals surface area contributed by atoms with Crippen molar-refractivity contribution in [3.63, 3.8) is 0 Å². The average molecular weight is 433 g/mol. The summed E-state index contributed by atoms with van der Waals surface area (Å²) in [6, 6.07) is 8.53. The number of amides is 1. The molecule has 0 spiro atoms. The number of carbonyl (C=O) groups excluding carboxylic acids is 2. The second kappa shape index (κ2) is 9.55. The Morgan fingerprint density at radius 3 is 2.40 bits per heavy atom. The van der Waals surface area contributed by atoms with E-state index in [1.54, 1.807) is 24.3 Å². The van der Waals surface area contributed by atoms with Gasteiger partial charge in [-0.05, 0) is 48.0 Å². The van der Waals surface area contributed by atoms with Gasteiger partial charge in [0.15, 0.2) is 5.78 Å². The minimum Gasteiger partial charge on any atom is -0.497 e. The normalized spacial score (nSPS) is 11.8. The lowest BCUT2D eigenvalue weighted by Gasteiger charge is -2.18. The van der Waals surface area contributed by atoms with Crippen molar-refractivity contribution in [2.45, 2.75) is 13.3 Å². The molecule has 30 heavy (non-hydrogen) atoms. The molecule has 2 aromatic rings. The van der Waals surface area contributed by atoms with Gasteiger partial charge in [-0.2, -0.15) is 8.42 Å². The summed E-state index contributed by atoms with van der Waals surface area (Å²) in [7, 11) is -0.261. The number of ether oxygens (including phenoxy) is 2. The van der Waals surface area contributed by atoms with Crippen LogP contribution in [0.15, 0.2) is 54.0 Å². The second-order valence-electron chi connectivity index (χ2n) is 6.31. The number of hydrogen-bond donors (Lipinski definition) is 0. The van der Waals surface area contributed by atoms with Crippen LogP contribution in [0.5, 0.6) is 11.5 Å². The SMILES string of the molecule is C=CCC(=O)/C=C(\C)S(=O)(=O)ON(C)C(=O)c1cc2cc(OC)ccc2cc1OC. The maximum atomic E-state index is 12.9. The van der Waals surface area contributed by atoms with Crippen molar-refractivity contribution in [1.29, 1.82) is 0 Å². The van der Waals surface area contributed by atoms with E-state index in [1.165, 1.54) is 27.2 Å². The van der Waals surface area contributed by atoms with Crippen LogP contribution in [-0.4, -0.2) is 46.4 Å². The highest BCUT2D eigenvalue weighted by Gasteiger charge is 2.25. The number of rotatable bonds is 9. The summed E-state index contributed by atoms with van der Waals surface area (Å²) in [4.78, 5) is 24.2. The summed E-state index contributed by atoms with van der Waals surface area (Å²) in [6.07, 6.45) is 2.27. The lowest BCUT2D eigenvalue weighted by atomic mass is 10.0. The molecule has 0 aliphatic rings. The molecule has 0 atom stereocenters. The van der Waals surface area contributed by atoms with Crippen LogP contribution < -0.4 is 9.47 Å². The highest BCUT2D eigenvalue weighted by atomic mass is 32.2. The first kappa shape index (κ1) is 23.1. The highest BCUT2D eigenvalue weighted by molar-refractivity contribution is 7.90. The first-order valence-electron chi connectivity index (χ1n) is 8.83. The lowest BCUT2D eigenvalue weighted by Crippen LogP contribution is -2.30. The van der Waals surface area contributed by atoms with E-state index in [1.807, 2.05) is 6.07 Å². The molecule has 0 aliphatic carbocycles. The van der Waals surface area contributed by atoms with Crippen LogP contribution in [0, 0.1) is 0 Å². The van der Waals surface area contributed by atoms with Gasteiger partial charge in [0, 0.05) is 13.5 Å². The zero-order valence-corrected chi connectivity index (χ0v) is 18.0. The molecule has 0 saturated heterocycles. The number of nitrogens with zero attached hydrogens (tertiary/aromatic N) is 1. The Morgan fingerprint density at radius 2 is 1.80 bits per heavy atom. The van der Waals surface area contributed by atoms with Crippen LogP contribution >= 0.6 is 0 Å². The summed E-state index contributed by atoms with van der Waals surface area (Å²) < 4.78 is 40.1. The third-order valence-electron chi connectivity index (χ3n) is 4.20. The number of carbonyl (C=O) groups is 2. The van der Waals surface area contributed by atoms with Gasteiger partial charge in [0.25, 0.3) is 5.91 Å². The Balaban J connectivity index is 2.35. The molecular weight excluding hydrogens is 410 g/mol. The molecule has 8 nitrogen and oxygen atoms in total. The third-order valence-corrected chi connectivity index (χ3v) is 5.52. The monoisotopic (exact) mass is 433 g/mol. The number of allylic oxidation sites excluding steroid dienone is 3. The molecule has 1 amide bonds. The van der Waals surface area contributed by atoms with Crippen molar-refractivity contribution in [3.8, 4) is 11.5 Å². The Morgan fingerprint density at radius 1 is 1.10 bits per heavy atom. The summed E-state index contributed by atoms with van der Waals surface area (Å²) >= 11 is 0. The van der Waals surface area contributed by atoms with Crippen LogP contribution in [0.1, 0.15) is 23.7 Å². The minimum atomic E-state index is -4.35. The van der Waals surface area contributed by atoms with Gasteiger partial charge in [0.1, 0.15) is 11.5 Å². The Bertz CT molecular complexity index is 1120. The van der Waals surface area contributed by atoms with E-state index in [4.69, 9.17) is 13.8 Å². The Hall–Kier alpha value is -3.17. The summed E-state index contributed by atoms with van der Waals surface area (Å²) in [5.74, 6) is -0.346. The van der Waals surface area contributed by atoms with E-state index >= 15 is 0 Å². The van der Waals surface area contributed by atoms with Gasteiger partial charge in [-0.15, -0.1) is 10.9 Å². The topological polar surface area (TPSA) is 99.2 Å². The molecule has 9 heteroatoms. The van der Waals surface area contributed by atoms with Gasteiger partial charge in [-0.3, -0.25) is 9.59 Å². The molecule has 0 N–H and O–H groups in total. The van der Waals surface area contributed by atoms with Crippen molar-refractivity contribution in [2.75, 3.05) is 21.3 Å². The first-order valence-corrected chi connectivity index (χ1v) is 10.2. The van der Waals surface area contributed by atoms with E-state index in [2.05, 4.69) is 6.58 Å². The largest absolute Gasteiger partial charge is 0.497 e. The zero-order valence-electron chi connectivity index (χ0n) is 17.2. The van der Waals surface area contributed by atoms with Gasteiger partial charge in [0.05, 0.1) is 24.7 Å². The quantitative estimate of drug-likeness (QED) is 0.340.